The molecule has 88 valence electrons. The van der Waals surface area contributed by atoms with Crippen molar-refractivity contribution < 1.29 is 0 Å². The molecule has 0 radical (unpaired) electrons. The fourth-order valence-electron chi connectivity index (χ4n) is 2.25. The highest BCUT2D eigenvalue weighted by Crippen LogP contribution is 2.37. The first-order valence-corrected chi connectivity index (χ1v) is 7.68. The molecule has 0 spiro atoms. The maximum absolute atomic E-state index is 3.67. The molecule has 1 heterocycles. The first-order chi connectivity index (χ1) is 7.72. The lowest BCUT2D eigenvalue weighted by molar-refractivity contribution is 0.515. The van der Waals surface area contributed by atoms with E-state index in [1.54, 1.807) is 0 Å². The Balaban J connectivity index is 2.37. The summed E-state index contributed by atoms with van der Waals surface area (Å²) in [5, 5.41) is 4.33. The Morgan fingerprint density at radius 1 is 1.50 bits per heavy atom. The first kappa shape index (κ1) is 12.5. The summed E-state index contributed by atoms with van der Waals surface area (Å²) >= 11 is 5.73. The molecular weight excluding hydrogens is 282 g/mol. The van der Waals surface area contributed by atoms with Crippen LogP contribution in [0.15, 0.2) is 22.7 Å². The van der Waals surface area contributed by atoms with Gasteiger partial charge in [0.25, 0.3) is 0 Å². The third-order valence-corrected chi connectivity index (χ3v) is 5.02. The minimum atomic E-state index is 0.516. The Morgan fingerprint density at radius 2 is 2.31 bits per heavy atom. The highest BCUT2D eigenvalue weighted by molar-refractivity contribution is 9.10. The van der Waals surface area contributed by atoms with Gasteiger partial charge >= 0.3 is 0 Å². The lowest BCUT2D eigenvalue weighted by Gasteiger charge is -2.20. The van der Waals surface area contributed by atoms with Crippen molar-refractivity contribution in [3.8, 4) is 0 Å². The predicted octanol–water partition coefficient (Wildman–Crippen LogP) is 4.13. The Morgan fingerprint density at radius 3 is 3.06 bits per heavy atom. The second-order valence-electron chi connectivity index (χ2n) is 4.28. The number of benzene rings is 1. The van der Waals surface area contributed by atoms with Crippen LogP contribution in [0.2, 0.25) is 0 Å². The average Bonchev–Trinajstić information content (AvgIpc) is 2.41. The van der Waals surface area contributed by atoms with Crippen LogP contribution in [-0.4, -0.2) is 11.8 Å². The molecule has 0 saturated carbocycles. The average molecular weight is 300 g/mol. The van der Waals surface area contributed by atoms with Crippen LogP contribution < -0.4 is 5.32 Å². The van der Waals surface area contributed by atoms with Crippen LogP contribution in [0.1, 0.15) is 37.4 Å². The molecular formula is C13H18BrNS. The van der Waals surface area contributed by atoms with E-state index in [0.29, 0.717) is 6.04 Å². The Kier molecular flexibility index (Phi) is 4.34. The standard InChI is InChI=1S/C13H18BrNS/c1-3-15-13-7-9(2)16-8-11-10(13)5-4-6-12(11)14/h4-6,9,13,15H,3,7-8H2,1-2H3. The molecule has 1 nitrogen and oxygen atoms in total. The lowest BCUT2D eigenvalue weighted by Crippen LogP contribution is -2.23. The van der Waals surface area contributed by atoms with E-state index in [2.05, 4.69) is 65.1 Å². The molecule has 0 saturated heterocycles. The van der Waals surface area contributed by atoms with E-state index in [1.807, 2.05) is 0 Å². The van der Waals surface area contributed by atoms with Gasteiger partial charge in [-0.2, -0.15) is 11.8 Å². The maximum atomic E-state index is 3.67. The number of nitrogens with one attached hydrogen (secondary N) is 1. The molecule has 2 atom stereocenters. The van der Waals surface area contributed by atoms with Gasteiger partial charge in [0.2, 0.25) is 0 Å². The normalized spacial score (nSPS) is 24.9. The number of hydrogen-bond donors (Lipinski definition) is 1. The number of thioether (sulfide) groups is 1. The zero-order chi connectivity index (χ0) is 11.5. The SMILES string of the molecule is CCNC1CC(C)SCc2c(Br)cccc21. The molecule has 1 N–H and O–H groups in total. The number of hydrogen-bond acceptors (Lipinski definition) is 2. The summed E-state index contributed by atoms with van der Waals surface area (Å²) in [6, 6.07) is 7.08. The van der Waals surface area contributed by atoms with Gasteiger partial charge in [0, 0.05) is 21.5 Å². The van der Waals surface area contributed by atoms with Crippen molar-refractivity contribution in [2.45, 2.75) is 37.3 Å². The van der Waals surface area contributed by atoms with E-state index < -0.39 is 0 Å². The predicted molar refractivity (Wildman–Crippen MR) is 75.9 cm³/mol. The summed E-state index contributed by atoms with van der Waals surface area (Å²) in [5.74, 6) is 1.12. The number of halogens is 1. The molecule has 0 aromatic heterocycles. The van der Waals surface area contributed by atoms with E-state index in [4.69, 9.17) is 0 Å². The molecule has 2 unspecified atom stereocenters. The third kappa shape index (κ3) is 2.63. The molecule has 0 aliphatic carbocycles. The van der Waals surface area contributed by atoms with E-state index in [-0.39, 0.29) is 0 Å². The highest BCUT2D eigenvalue weighted by atomic mass is 79.9. The van der Waals surface area contributed by atoms with Crippen molar-refractivity contribution in [3.05, 3.63) is 33.8 Å². The second kappa shape index (κ2) is 5.56. The molecule has 0 fully saturated rings. The number of rotatable bonds is 2. The van der Waals surface area contributed by atoms with Crippen LogP contribution in [-0.2, 0) is 5.75 Å². The van der Waals surface area contributed by atoms with Gasteiger partial charge in [-0.05, 0) is 30.2 Å². The Bertz CT molecular complexity index is 367. The van der Waals surface area contributed by atoms with Crippen molar-refractivity contribution in [1.82, 2.24) is 5.32 Å². The maximum Gasteiger partial charge on any atom is 0.0334 e. The van der Waals surface area contributed by atoms with Crippen LogP contribution in [0.3, 0.4) is 0 Å². The summed E-state index contributed by atoms with van der Waals surface area (Å²) in [5.41, 5.74) is 2.95. The minimum absolute atomic E-state index is 0.516. The van der Waals surface area contributed by atoms with Crippen LogP contribution in [0.4, 0.5) is 0 Å². The van der Waals surface area contributed by atoms with Crippen molar-refractivity contribution in [2.75, 3.05) is 6.54 Å². The molecule has 3 heteroatoms. The smallest absolute Gasteiger partial charge is 0.0334 e. The quantitative estimate of drug-likeness (QED) is 0.881. The largest absolute Gasteiger partial charge is 0.310 e. The number of fused-ring (bicyclic) bond motifs is 1. The molecule has 1 aliphatic rings. The van der Waals surface area contributed by atoms with E-state index in [9.17, 15) is 0 Å². The zero-order valence-corrected chi connectivity index (χ0v) is 12.2. The molecule has 1 aliphatic heterocycles. The summed E-state index contributed by atoms with van der Waals surface area (Å²) in [6.45, 7) is 5.54. The van der Waals surface area contributed by atoms with Crippen molar-refractivity contribution in [1.29, 1.82) is 0 Å². The first-order valence-electron chi connectivity index (χ1n) is 5.84. The lowest BCUT2D eigenvalue weighted by atomic mass is 9.98. The van der Waals surface area contributed by atoms with E-state index in [1.165, 1.54) is 22.0 Å². The van der Waals surface area contributed by atoms with Crippen LogP contribution in [0.5, 0.6) is 0 Å². The van der Waals surface area contributed by atoms with Crippen LogP contribution >= 0.6 is 27.7 Å². The Labute approximate surface area is 111 Å². The van der Waals surface area contributed by atoms with Gasteiger partial charge in [0.15, 0.2) is 0 Å². The van der Waals surface area contributed by atoms with Gasteiger partial charge in [0.05, 0.1) is 0 Å². The van der Waals surface area contributed by atoms with Crippen molar-refractivity contribution in [3.63, 3.8) is 0 Å². The van der Waals surface area contributed by atoms with Gasteiger partial charge in [-0.3, -0.25) is 0 Å². The van der Waals surface area contributed by atoms with Gasteiger partial charge in [-0.25, -0.2) is 0 Å². The summed E-state index contributed by atoms with van der Waals surface area (Å²) in [4.78, 5) is 0. The monoisotopic (exact) mass is 299 g/mol. The molecule has 0 bridgehead atoms. The third-order valence-electron chi connectivity index (χ3n) is 3.06. The van der Waals surface area contributed by atoms with Gasteiger partial charge in [0.1, 0.15) is 0 Å². The van der Waals surface area contributed by atoms with Crippen molar-refractivity contribution in [2.24, 2.45) is 0 Å². The van der Waals surface area contributed by atoms with Crippen LogP contribution in [0, 0.1) is 0 Å². The minimum Gasteiger partial charge on any atom is -0.310 e. The zero-order valence-electron chi connectivity index (χ0n) is 9.79. The molecule has 0 amide bonds. The van der Waals surface area contributed by atoms with E-state index in [0.717, 1.165) is 17.5 Å². The molecule has 2 rings (SSSR count). The fraction of sp³-hybridized carbons (Fsp3) is 0.538. The van der Waals surface area contributed by atoms with Gasteiger partial charge < -0.3 is 5.32 Å². The van der Waals surface area contributed by atoms with Gasteiger partial charge in [-0.15, -0.1) is 0 Å². The van der Waals surface area contributed by atoms with Gasteiger partial charge in [-0.1, -0.05) is 41.9 Å². The van der Waals surface area contributed by atoms with Crippen molar-refractivity contribution >= 4 is 27.7 Å². The molecule has 1 aromatic carbocycles. The van der Waals surface area contributed by atoms with Crippen LogP contribution in [0.25, 0.3) is 0 Å². The fourth-order valence-corrected chi connectivity index (χ4v) is 4.06. The molecule has 16 heavy (non-hydrogen) atoms. The second-order valence-corrected chi connectivity index (χ2v) is 6.56. The van der Waals surface area contributed by atoms with E-state index >= 15 is 0 Å². The topological polar surface area (TPSA) is 12.0 Å². The Hall–Kier alpha value is 0.0100. The summed E-state index contributed by atoms with van der Waals surface area (Å²) in [7, 11) is 0. The summed E-state index contributed by atoms with van der Waals surface area (Å²) < 4.78 is 1.26. The summed E-state index contributed by atoms with van der Waals surface area (Å²) in [6.07, 6.45) is 1.22. The molecule has 1 aromatic rings. The highest BCUT2D eigenvalue weighted by Gasteiger charge is 2.22.